The maximum Gasteiger partial charge on any atom is 0.305 e. The molecule has 0 saturated heterocycles. The first-order chi connectivity index (χ1) is 13.2. The second kappa shape index (κ2) is 10.9. The number of unbranched alkanes of at least 4 members (excludes halogenated alkanes) is 1. The number of hydrogen-bond acceptors (Lipinski definition) is 2. The molecule has 0 bridgehead atoms. The van der Waals surface area contributed by atoms with Crippen LogP contribution in [0.4, 0.5) is 0 Å². The van der Waals surface area contributed by atoms with Crippen LogP contribution in [0, 0.1) is 29.6 Å². The number of hydrogen-bond donors (Lipinski definition) is 0. The van der Waals surface area contributed by atoms with Crippen LogP contribution in [0.15, 0.2) is 0 Å². The van der Waals surface area contributed by atoms with Crippen LogP contribution in [0.25, 0.3) is 0 Å². The van der Waals surface area contributed by atoms with Gasteiger partial charge in [0.2, 0.25) is 0 Å². The van der Waals surface area contributed by atoms with E-state index < -0.39 is 0 Å². The lowest BCUT2D eigenvalue weighted by Gasteiger charge is -2.41. The van der Waals surface area contributed by atoms with Crippen molar-refractivity contribution in [1.82, 2.24) is 0 Å². The van der Waals surface area contributed by atoms with E-state index in [1.807, 2.05) is 6.92 Å². The van der Waals surface area contributed by atoms with Gasteiger partial charge in [0, 0.05) is 6.42 Å². The van der Waals surface area contributed by atoms with E-state index >= 15 is 0 Å². The molecular weight excluding hydrogens is 332 g/mol. The van der Waals surface area contributed by atoms with Crippen LogP contribution in [-0.4, -0.2) is 12.1 Å². The van der Waals surface area contributed by atoms with Gasteiger partial charge in [-0.15, -0.1) is 0 Å². The lowest BCUT2D eigenvalue weighted by atomic mass is 9.65. The number of ether oxygens (including phenoxy) is 1. The van der Waals surface area contributed by atoms with Crippen molar-refractivity contribution in [2.75, 3.05) is 0 Å². The van der Waals surface area contributed by atoms with Crippen LogP contribution >= 0.6 is 0 Å². The highest BCUT2D eigenvalue weighted by atomic mass is 16.5. The predicted octanol–water partition coefficient (Wildman–Crippen LogP) is 7.30. The molecule has 0 atom stereocenters. The Hall–Kier alpha value is -0.530. The lowest BCUT2D eigenvalue weighted by molar-refractivity contribution is -0.150. The molecule has 3 aliphatic rings. The fourth-order valence-electron chi connectivity index (χ4n) is 6.48. The topological polar surface area (TPSA) is 26.3 Å². The van der Waals surface area contributed by atoms with Crippen LogP contribution in [-0.2, 0) is 9.53 Å². The first-order valence-corrected chi connectivity index (χ1v) is 12.4. The second-order valence-electron chi connectivity index (χ2n) is 9.98. The van der Waals surface area contributed by atoms with E-state index in [2.05, 4.69) is 6.92 Å². The van der Waals surface area contributed by atoms with Gasteiger partial charge in [-0.1, -0.05) is 46.0 Å². The van der Waals surface area contributed by atoms with E-state index in [0.717, 1.165) is 42.4 Å². The minimum atomic E-state index is -0.0108. The standard InChI is InChI=1S/C25H44O2/c1-3-5-6-19-7-9-20(10-8-19)21-11-13-22(14-12-21)23-15-17-24(18-16-23)27-25(26)4-2/h19-24H,3-18H2,1-2H3. The molecule has 3 fully saturated rings. The highest BCUT2D eigenvalue weighted by molar-refractivity contribution is 5.69. The monoisotopic (exact) mass is 376 g/mol. The highest BCUT2D eigenvalue weighted by Gasteiger charge is 2.35. The summed E-state index contributed by atoms with van der Waals surface area (Å²) >= 11 is 0. The molecule has 0 aliphatic heterocycles. The van der Waals surface area contributed by atoms with Crippen molar-refractivity contribution in [3.8, 4) is 0 Å². The lowest BCUT2D eigenvalue weighted by Crippen LogP contribution is -2.31. The van der Waals surface area contributed by atoms with Crippen LogP contribution in [0.1, 0.15) is 117 Å². The summed E-state index contributed by atoms with van der Waals surface area (Å²) < 4.78 is 5.57. The summed E-state index contributed by atoms with van der Waals surface area (Å²) in [5, 5.41) is 0. The SMILES string of the molecule is CCCCC1CCC(C2CCC(C3CCC(OC(=O)CC)CC3)CC2)CC1. The van der Waals surface area contributed by atoms with Crippen LogP contribution in [0.5, 0.6) is 0 Å². The van der Waals surface area contributed by atoms with E-state index in [0.29, 0.717) is 6.42 Å². The maximum atomic E-state index is 11.5. The number of esters is 1. The summed E-state index contributed by atoms with van der Waals surface area (Å²) in [6.07, 6.45) is 21.9. The summed E-state index contributed by atoms with van der Waals surface area (Å²) in [5.74, 6) is 5.00. The molecule has 2 heteroatoms. The Balaban J connectivity index is 1.33. The molecule has 3 rings (SSSR count). The number of rotatable bonds is 7. The van der Waals surface area contributed by atoms with Gasteiger partial charge in [-0.3, -0.25) is 4.79 Å². The minimum absolute atomic E-state index is 0.0108. The van der Waals surface area contributed by atoms with E-state index in [-0.39, 0.29) is 12.1 Å². The number of carbonyl (C=O) groups excluding carboxylic acids is 1. The zero-order chi connectivity index (χ0) is 19.1. The first-order valence-electron chi connectivity index (χ1n) is 12.4. The van der Waals surface area contributed by atoms with Gasteiger partial charge in [-0.25, -0.2) is 0 Å². The van der Waals surface area contributed by atoms with Crippen molar-refractivity contribution in [3.63, 3.8) is 0 Å². The summed E-state index contributed by atoms with van der Waals surface area (Å²) in [6.45, 7) is 4.22. The van der Waals surface area contributed by atoms with E-state index in [9.17, 15) is 4.79 Å². The average molecular weight is 377 g/mol. The van der Waals surface area contributed by atoms with Gasteiger partial charge in [0.25, 0.3) is 0 Å². The first kappa shape index (κ1) is 21.2. The molecule has 0 heterocycles. The Morgan fingerprint density at radius 1 is 0.704 bits per heavy atom. The van der Waals surface area contributed by atoms with Gasteiger partial charge in [0.1, 0.15) is 6.10 Å². The molecule has 27 heavy (non-hydrogen) atoms. The Kier molecular flexibility index (Phi) is 8.52. The zero-order valence-corrected chi connectivity index (χ0v) is 18.1. The summed E-state index contributed by atoms with van der Waals surface area (Å²) in [6, 6.07) is 0. The Labute approximate surface area is 168 Å². The Bertz CT molecular complexity index is 422. The highest BCUT2D eigenvalue weighted by Crippen LogP contribution is 2.46. The van der Waals surface area contributed by atoms with Crippen molar-refractivity contribution >= 4 is 5.97 Å². The molecule has 3 saturated carbocycles. The molecule has 0 amide bonds. The van der Waals surface area contributed by atoms with Gasteiger partial charge in [0.05, 0.1) is 0 Å². The fourth-order valence-corrected chi connectivity index (χ4v) is 6.48. The van der Waals surface area contributed by atoms with Crippen molar-refractivity contribution in [1.29, 1.82) is 0 Å². The van der Waals surface area contributed by atoms with Crippen molar-refractivity contribution in [2.24, 2.45) is 29.6 Å². The summed E-state index contributed by atoms with van der Waals surface area (Å²) in [5.41, 5.74) is 0. The average Bonchev–Trinajstić information content (AvgIpc) is 2.73. The molecule has 0 aromatic heterocycles. The van der Waals surface area contributed by atoms with Gasteiger partial charge < -0.3 is 4.74 Å². The molecule has 2 nitrogen and oxygen atoms in total. The molecule has 0 radical (unpaired) electrons. The molecule has 0 N–H and O–H groups in total. The summed E-state index contributed by atoms with van der Waals surface area (Å²) in [7, 11) is 0. The Morgan fingerprint density at radius 3 is 1.59 bits per heavy atom. The van der Waals surface area contributed by atoms with E-state index in [4.69, 9.17) is 4.74 Å². The number of carbonyl (C=O) groups is 1. The van der Waals surface area contributed by atoms with Crippen LogP contribution < -0.4 is 0 Å². The molecule has 3 aliphatic carbocycles. The maximum absolute atomic E-state index is 11.5. The fraction of sp³-hybridized carbons (Fsp3) is 0.960. The van der Waals surface area contributed by atoms with Crippen LogP contribution in [0.3, 0.4) is 0 Å². The normalized spacial score (nSPS) is 37.7. The van der Waals surface area contributed by atoms with Crippen molar-refractivity contribution < 1.29 is 9.53 Å². The third kappa shape index (κ3) is 6.23. The van der Waals surface area contributed by atoms with Crippen molar-refractivity contribution in [3.05, 3.63) is 0 Å². The second-order valence-corrected chi connectivity index (χ2v) is 9.98. The van der Waals surface area contributed by atoms with Gasteiger partial charge in [-0.2, -0.15) is 0 Å². The van der Waals surface area contributed by atoms with E-state index in [1.165, 1.54) is 83.5 Å². The van der Waals surface area contributed by atoms with Crippen LogP contribution in [0.2, 0.25) is 0 Å². The summed E-state index contributed by atoms with van der Waals surface area (Å²) in [4.78, 5) is 11.5. The molecule has 0 aromatic carbocycles. The van der Waals surface area contributed by atoms with Gasteiger partial charge >= 0.3 is 5.97 Å². The van der Waals surface area contributed by atoms with Gasteiger partial charge in [0.15, 0.2) is 0 Å². The molecule has 0 spiro atoms. The molecular formula is C25H44O2. The third-order valence-corrected chi connectivity index (χ3v) is 8.31. The third-order valence-electron chi connectivity index (χ3n) is 8.31. The van der Waals surface area contributed by atoms with Crippen molar-refractivity contribution in [2.45, 2.75) is 123 Å². The molecule has 0 aromatic rings. The minimum Gasteiger partial charge on any atom is -0.462 e. The van der Waals surface area contributed by atoms with E-state index in [1.54, 1.807) is 0 Å². The quantitative estimate of drug-likeness (QED) is 0.436. The largest absolute Gasteiger partial charge is 0.462 e. The van der Waals surface area contributed by atoms with Gasteiger partial charge in [-0.05, 0) is 93.8 Å². The zero-order valence-electron chi connectivity index (χ0n) is 18.1. The molecule has 156 valence electrons. The Morgan fingerprint density at radius 2 is 1.15 bits per heavy atom. The molecule has 0 unspecified atom stereocenters. The smallest absolute Gasteiger partial charge is 0.305 e. The predicted molar refractivity (Wildman–Crippen MR) is 113 cm³/mol.